The molecule has 0 aliphatic heterocycles. The van der Waals surface area contributed by atoms with Crippen LogP contribution >= 0.6 is 0 Å². The van der Waals surface area contributed by atoms with E-state index in [2.05, 4.69) is 181 Å². The molecule has 0 bridgehead atoms. The molecule has 0 N–H and O–H groups in total. The van der Waals surface area contributed by atoms with E-state index in [1.807, 2.05) is 73.8 Å². The van der Waals surface area contributed by atoms with Gasteiger partial charge in [0.05, 0.1) is 39.5 Å². The molecular weight excluding hydrogens is 1130 g/mol. The van der Waals surface area contributed by atoms with Crippen molar-refractivity contribution in [3.63, 3.8) is 0 Å². The van der Waals surface area contributed by atoms with Crippen LogP contribution in [0.15, 0.2) is 193 Å². The molecule has 1 radical (unpaired) electrons. The fourth-order valence-corrected chi connectivity index (χ4v) is 12.9. The van der Waals surface area contributed by atoms with Crippen molar-refractivity contribution in [3.8, 4) is 73.0 Å². The number of nitrogens with zero attached hydrogens (tertiary/aromatic N) is 6. The SMILES string of the molecule is Cc1c[c-]c(-c2nc3ccnc(C)c3n2-c2c(-c3ccccc3)cccc2-c2ccccc2)c2oc3nc(-c4ccccc4)ccc3c12.Cc1cc(-c2cc(-c3[c-]cccc3)nc[c]2[Ge]([CH3])([CH3])[CH3])cc(C)n1.[Ir]. The fourth-order valence-electron chi connectivity index (χ4n) is 9.83. The second-order valence-electron chi connectivity index (χ2n) is 19.3. The number of imidazole rings is 1. The Morgan fingerprint density at radius 2 is 1.21 bits per heavy atom. The summed E-state index contributed by atoms with van der Waals surface area (Å²) < 4.78 is 10.4. The zero-order chi connectivity index (χ0) is 49.5. The molecule has 6 heterocycles. The Kier molecular flexibility index (Phi) is 13.7. The normalized spacial score (nSPS) is 11.4. The van der Waals surface area contributed by atoms with E-state index in [4.69, 9.17) is 24.4 Å². The van der Waals surface area contributed by atoms with Crippen LogP contribution in [-0.2, 0) is 20.1 Å². The van der Waals surface area contributed by atoms with E-state index in [0.717, 1.165) is 106 Å². The van der Waals surface area contributed by atoms with Crippen LogP contribution in [0.25, 0.3) is 106 Å². The first-order chi connectivity index (χ1) is 35.0. The second kappa shape index (κ2) is 20.5. The van der Waals surface area contributed by atoms with E-state index in [-0.39, 0.29) is 20.1 Å². The molecule has 0 unspecified atom stereocenters. The Bertz CT molecular complexity index is 3870. The summed E-state index contributed by atoms with van der Waals surface area (Å²) in [7, 11) is 0. The minimum Gasteiger partial charge on any atom is 0 e. The minimum atomic E-state index is -2.05. The van der Waals surface area contributed by atoms with E-state index in [9.17, 15) is 0 Å². The maximum Gasteiger partial charge on any atom is 0 e. The summed E-state index contributed by atoms with van der Waals surface area (Å²) in [5.41, 5.74) is 19.8. The van der Waals surface area contributed by atoms with Crippen molar-refractivity contribution in [3.05, 3.63) is 223 Å². The summed E-state index contributed by atoms with van der Waals surface area (Å²) in [6, 6.07) is 67.4. The van der Waals surface area contributed by atoms with Crippen LogP contribution in [-0.4, -0.2) is 42.8 Å². The zero-order valence-electron chi connectivity index (χ0n) is 41.8. The Morgan fingerprint density at radius 1 is 0.562 bits per heavy atom. The average molecular weight is 1190 g/mol. The summed E-state index contributed by atoms with van der Waals surface area (Å²) in [5, 5.41) is 1.98. The van der Waals surface area contributed by atoms with E-state index in [0.29, 0.717) is 11.3 Å². The van der Waals surface area contributed by atoms with Crippen molar-refractivity contribution in [2.45, 2.75) is 45.0 Å². The van der Waals surface area contributed by atoms with Gasteiger partial charge in [0.2, 0.25) is 5.71 Å². The first-order valence-electron chi connectivity index (χ1n) is 24.3. The van der Waals surface area contributed by atoms with Gasteiger partial charge in [0.25, 0.3) is 0 Å². The van der Waals surface area contributed by atoms with Gasteiger partial charge < -0.3 is 8.98 Å². The van der Waals surface area contributed by atoms with Crippen LogP contribution in [0.3, 0.4) is 0 Å². The predicted molar refractivity (Wildman–Crippen MR) is 298 cm³/mol. The molecule has 0 fully saturated rings. The van der Waals surface area contributed by atoms with Crippen molar-refractivity contribution >= 4 is 50.8 Å². The van der Waals surface area contributed by atoms with Crippen LogP contribution in [0.1, 0.15) is 22.6 Å². The molecule has 0 spiro atoms. The number of benzene rings is 6. The van der Waals surface area contributed by atoms with Gasteiger partial charge in [-0.2, -0.15) is 0 Å². The first kappa shape index (κ1) is 49.0. The van der Waals surface area contributed by atoms with Gasteiger partial charge >= 0.3 is 147 Å². The van der Waals surface area contributed by atoms with Crippen LogP contribution in [0.5, 0.6) is 0 Å². The van der Waals surface area contributed by atoms with Crippen molar-refractivity contribution in [1.82, 2.24) is 29.5 Å². The Morgan fingerprint density at radius 3 is 1.84 bits per heavy atom. The van der Waals surface area contributed by atoms with Crippen molar-refractivity contribution in [2.75, 3.05) is 0 Å². The van der Waals surface area contributed by atoms with E-state index >= 15 is 0 Å². The van der Waals surface area contributed by atoms with Crippen LogP contribution in [0, 0.1) is 39.8 Å². The molecule has 0 saturated carbocycles. The molecule has 12 aromatic rings. The van der Waals surface area contributed by atoms with E-state index in [1.165, 1.54) is 15.5 Å². The standard InChI is InChI=1S/C43H29N4O.C21H23GeN2.Ir/c1-27-21-22-35(41-38(27)34-23-24-36(46-43(34)48-41)31-17-10-5-11-18-31)42-45-37-25-26-44-28(2)39(37)47(42)40-32(29-13-6-3-7-14-29)19-12-20-33(40)30-15-8-4-9-16-30;1-15-11-18(12-16(2)24-15)19-13-21(17-9-7-6-8-10-17)23-14-20(19)22(3,4)5;/h3-21,23-26H,1-2H3;6-9,11-14H,1-5H3;/q2*-1;. The molecule has 9 heteroatoms. The number of aromatic nitrogens is 6. The molecule has 0 saturated heterocycles. The molecule has 6 aromatic heterocycles. The molecular formula is C64H52GeIrN6O-2. The van der Waals surface area contributed by atoms with Gasteiger partial charge in [-0.25, -0.2) is 4.98 Å². The maximum absolute atomic E-state index is 6.72. The number of hydrogen-bond acceptors (Lipinski definition) is 6. The summed E-state index contributed by atoms with van der Waals surface area (Å²) in [6.07, 6.45) is 3.92. The minimum absolute atomic E-state index is 0. The number of fused-ring (bicyclic) bond motifs is 4. The predicted octanol–water partition coefficient (Wildman–Crippen LogP) is 15.6. The number of furan rings is 1. The average Bonchev–Trinajstić information content (AvgIpc) is 3.99. The largest absolute Gasteiger partial charge is 0 e. The third-order valence-electron chi connectivity index (χ3n) is 13.2. The number of para-hydroxylation sites is 1. The molecule has 73 heavy (non-hydrogen) atoms. The number of aryl methyl sites for hydroxylation is 4. The molecule has 0 aliphatic carbocycles. The van der Waals surface area contributed by atoms with Crippen molar-refractivity contribution in [1.29, 1.82) is 0 Å². The van der Waals surface area contributed by atoms with E-state index in [1.54, 1.807) is 0 Å². The Hall–Kier alpha value is -7.62. The second-order valence-corrected chi connectivity index (χ2v) is 29.9. The summed E-state index contributed by atoms with van der Waals surface area (Å²) >= 11 is -2.05. The number of rotatable bonds is 8. The van der Waals surface area contributed by atoms with Crippen LogP contribution < -0.4 is 4.40 Å². The van der Waals surface area contributed by atoms with Crippen molar-refractivity contribution in [2.24, 2.45) is 0 Å². The third-order valence-corrected chi connectivity index (χ3v) is 17.4. The molecule has 12 rings (SSSR count). The quantitative estimate of drug-likeness (QED) is 0.111. The van der Waals surface area contributed by atoms with Gasteiger partial charge in [-0.15, -0.1) is 17.7 Å². The molecule has 359 valence electrons. The smallest absolute Gasteiger partial charge is 0 e. The summed E-state index contributed by atoms with van der Waals surface area (Å²) in [5.74, 6) is 7.97. The van der Waals surface area contributed by atoms with Gasteiger partial charge in [-0.05, 0) is 36.2 Å². The molecule has 0 amide bonds. The third kappa shape index (κ3) is 9.62. The van der Waals surface area contributed by atoms with Gasteiger partial charge in [-0.3, -0.25) is 9.97 Å². The summed E-state index contributed by atoms with van der Waals surface area (Å²) in [6.45, 7) is 8.25. The zero-order valence-corrected chi connectivity index (χ0v) is 46.3. The number of hydrogen-bond donors (Lipinski definition) is 0. The van der Waals surface area contributed by atoms with Gasteiger partial charge in [0.15, 0.2) is 0 Å². The fraction of sp³-hybridized carbons (Fsp3) is 0.109. The van der Waals surface area contributed by atoms with Gasteiger partial charge in [-0.1, -0.05) is 127 Å². The Balaban J connectivity index is 0.000000207. The first-order valence-corrected chi connectivity index (χ1v) is 31.7. The topological polar surface area (TPSA) is 82.5 Å². The molecule has 0 atom stereocenters. The maximum atomic E-state index is 6.72. The van der Waals surface area contributed by atoms with Gasteiger partial charge in [0, 0.05) is 48.4 Å². The van der Waals surface area contributed by atoms with Crippen molar-refractivity contribution < 1.29 is 24.5 Å². The number of pyridine rings is 4. The van der Waals surface area contributed by atoms with Gasteiger partial charge in [0.1, 0.15) is 0 Å². The van der Waals surface area contributed by atoms with E-state index < -0.39 is 13.3 Å². The summed E-state index contributed by atoms with van der Waals surface area (Å²) in [4.78, 5) is 24.3. The molecule has 0 aliphatic rings. The van der Waals surface area contributed by atoms with Crippen LogP contribution in [0.2, 0.25) is 17.3 Å². The monoisotopic (exact) mass is 1190 g/mol. The van der Waals surface area contributed by atoms with Crippen LogP contribution in [0.4, 0.5) is 0 Å². The molecule has 7 nitrogen and oxygen atoms in total. The molecule has 6 aromatic carbocycles. The Labute approximate surface area is 442 Å².